The van der Waals surface area contributed by atoms with Crippen LogP contribution in [-0.2, 0) is 16.1 Å². The molecule has 3 aromatic carbocycles. The van der Waals surface area contributed by atoms with E-state index in [4.69, 9.17) is 16.3 Å². The van der Waals surface area contributed by atoms with Crippen molar-refractivity contribution in [3.63, 3.8) is 0 Å². The molecule has 0 aliphatic carbocycles. The van der Waals surface area contributed by atoms with Crippen LogP contribution in [0.2, 0.25) is 5.02 Å². The van der Waals surface area contributed by atoms with Gasteiger partial charge in [-0.15, -0.1) is 0 Å². The minimum absolute atomic E-state index is 0.0893. The van der Waals surface area contributed by atoms with E-state index >= 15 is 0 Å². The van der Waals surface area contributed by atoms with Crippen LogP contribution in [-0.4, -0.2) is 23.8 Å². The van der Waals surface area contributed by atoms with Gasteiger partial charge in [0, 0.05) is 10.7 Å². The normalized spacial score (nSPS) is 13.7. The first-order valence-corrected chi connectivity index (χ1v) is 10.3. The van der Waals surface area contributed by atoms with Gasteiger partial charge in [0.2, 0.25) is 0 Å². The molecular weight excluding hydrogens is 431 g/mol. The topological polar surface area (TPSA) is 58.6 Å². The van der Waals surface area contributed by atoms with Gasteiger partial charge < -0.3 is 10.1 Å². The second-order valence-corrected chi connectivity index (χ2v) is 7.75. The molecule has 32 heavy (non-hydrogen) atoms. The van der Waals surface area contributed by atoms with Crippen molar-refractivity contribution in [2.45, 2.75) is 13.5 Å². The number of amides is 2. The molecule has 7 heteroatoms. The Labute approximate surface area is 190 Å². The maximum Gasteiger partial charge on any atom is 0.278 e. The molecule has 1 aliphatic rings. The van der Waals surface area contributed by atoms with E-state index in [9.17, 15) is 14.0 Å². The summed E-state index contributed by atoms with van der Waals surface area (Å²) in [7, 11) is 1.57. The molecule has 5 nitrogen and oxygen atoms in total. The Bertz CT molecular complexity index is 1220. The maximum absolute atomic E-state index is 13.5. The summed E-state index contributed by atoms with van der Waals surface area (Å²) in [4.78, 5) is 27.9. The standard InChI is InChI=1S/C25H20ClFN2O3/c1-15-20(26)4-3-5-21(15)28-23-22(17-8-10-18(27)11-9-17)24(30)29(25(23)31)14-16-6-12-19(32-2)13-7-16/h3-13,28H,14H2,1-2H3. The number of hydrogen-bond acceptors (Lipinski definition) is 4. The predicted molar refractivity (Wildman–Crippen MR) is 122 cm³/mol. The van der Waals surface area contributed by atoms with Gasteiger partial charge in [0.1, 0.15) is 17.3 Å². The van der Waals surface area contributed by atoms with Crippen molar-refractivity contribution in [2.24, 2.45) is 0 Å². The van der Waals surface area contributed by atoms with Gasteiger partial charge in [-0.05, 0) is 60.0 Å². The van der Waals surface area contributed by atoms with E-state index in [1.807, 2.05) is 6.92 Å². The number of carbonyl (C=O) groups excluding carboxylic acids is 2. The van der Waals surface area contributed by atoms with Crippen LogP contribution < -0.4 is 10.1 Å². The first-order valence-electron chi connectivity index (χ1n) is 9.90. The van der Waals surface area contributed by atoms with Crippen LogP contribution in [0.15, 0.2) is 72.4 Å². The number of hydrogen-bond donors (Lipinski definition) is 1. The van der Waals surface area contributed by atoms with E-state index in [-0.39, 0.29) is 17.8 Å². The monoisotopic (exact) mass is 450 g/mol. The van der Waals surface area contributed by atoms with Crippen LogP contribution in [0.25, 0.3) is 5.57 Å². The first kappa shape index (κ1) is 21.6. The fraction of sp³-hybridized carbons (Fsp3) is 0.120. The van der Waals surface area contributed by atoms with Crippen LogP contribution in [0.4, 0.5) is 10.1 Å². The lowest BCUT2D eigenvalue weighted by molar-refractivity contribution is -0.137. The van der Waals surface area contributed by atoms with Crippen molar-refractivity contribution in [3.8, 4) is 5.75 Å². The van der Waals surface area contributed by atoms with Gasteiger partial charge in [-0.2, -0.15) is 0 Å². The van der Waals surface area contributed by atoms with Crippen molar-refractivity contribution in [1.82, 2.24) is 4.90 Å². The van der Waals surface area contributed by atoms with Crippen molar-refractivity contribution in [2.75, 3.05) is 12.4 Å². The Hall–Kier alpha value is -3.64. The fourth-order valence-electron chi connectivity index (χ4n) is 3.51. The molecular formula is C25H20ClFN2O3. The Morgan fingerprint density at radius 3 is 2.31 bits per heavy atom. The van der Waals surface area contributed by atoms with Gasteiger partial charge in [0.15, 0.2) is 0 Å². The summed E-state index contributed by atoms with van der Waals surface area (Å²) in [5, 5.41) is 3.63. The Kier molecular flexibility index (Phi) is 5.97. The molecule has 162 valence electrons. The van der Waals surface area contributed by atoms with E-state index in [0.29, 0.717) is 22.0 Å². The Balaban J connectivity index is 1.73. The largest absolute Gasteiger partial charge is 0.497 e. The number of rotatable bonds is 6. The van der Waals surface area contributed by atoms with Crippen LogP contribution in [0, 0.1) is 12.7 Å². The highest BCUT2D eigenvalue weighted by molar-refractivity contribution is 6.36. The molecule has 0 aromatic heterocycles. The molecule has 1 heterocycles. The van der Waals surface area contributed by atoms with E-state index < -0.39 is 17.6 Å². The van der Waals surface area contributed by atoms with Gasteiger partial charge >= 0.3 is 0 Å². The number of anilines is 1. The Morgan fingerprint density at radius 1 is 0.969 bits per heavy atom. The summed E-state index contributed by atoms with van der Waals surface area (Å²) in [6.07, 6.45) is 0. The maximum atomic E-state index is 13.5. The van der Waals surface area contributed by atoms with Crippen LogP contribution >= 0.6 is 11.6 Å². The summed E-state index contributed by atoms with van der Waals surface area (Å²) in [6, 6.07) is 17.9. The molecule has 0 bridgehead atoms. The van der Waals surface area contributed by atoms with Gasteiger partial charge in [0.25, 0.3) is 11.8 Å². The number of methoxy groups -OCH3 is 1. The molecule has 3 aromatic rings. The molecule has 0 saturated carbocycles. The zero-order valence-electron chi connectivity index (χ0n) is 17.5. The highest BCUT2D eigenvalue weighted by Gasteiger charge is 2.39. The average Bonchev–Trinajstić information content (AvgIpc) is 3.02. The zero-order chi connectivity index (χ0) is 22.8. The molecule has 1 N–H and O–H groups in total. The van der Waals surface area contributed by atoms with Crippen LogP contribution in [0.1, 0.15) is 16.7 Å². The number of nitrogens with one attached hydrogen (secondary N) is 1. The van der Waals surface area contributed by atoms with E-state index in [1.54, 1.807) is 49.6 Å². The molecule has 0 atom stereocenters. The van der Waals surface area contributed by atoms with Crippen LogP contribution in [0.5, 0.6) is 5.75 Å². The summed E-state index contributed by atoms with van der Waals surface area (Å²) >= 11 is 6.23. The molecule has 0 saturated heterocycles. The third kappa shape index (κ3) is 4.09. The number of nitrogens with zero attached hydrogens (tertiary/aromatic N) is 1. The Morgan fingerprint density at radius 2 is 1.66 bits per heavy atom. The fourth-order valence-corrected chi connectivity index (χ4v) is 3.69. The highest BCUT2D eigenvalue weighted by atomic mass is 35.5. The summed E-state index contributed by atoms with van der Waals surface area (Å²) in [6.45, 7) is 1.91. The summed E-state index contributed by atoms with van der Waals surface area (Å²) in [5.74, 6) is -0.678. The molecule has 0 fully saturated rings. The van der Waals surface area contributed by atoms with Crippen LogP contribution in [0.3, 0.4) is 0 Å². The number of benzene rings is 3. The molecule has 0 spiro atoms. The average molecular weight is 451 g/mol. The third-order valence-electron chi connectivity index (χ3n) is 5.33. The number of imide groups is 1. The minimum Gasteiger partial charge on any atom is -0.497 e. The molecule has 4 rings (SSSR count). The van der Waals surface area contributed by atoms with E-state index in [2.05, 4.69) is 5.32 Å². The molecule has 1 aliphatic heterocycles. The number of carbonyl (C=O) groups is 2. The summed E-state index contributed by atoms with van der Waals surface area (Å²) in [5.41, 5.74) is 2.88. The molecule has 0 unspecified atom stereocenters. The predicted octanol–water partition coefficient (Wildman–Crippen LogP) is 5.19. The van der Waals surface area contributed by atoms with E-state index in [1.165, 1.54) is 29.2 Å². The quantitative estimate of drug-likeness (QED) is 0.525. The van der Waals surface area contributed by atoms with Gasteiger partial charge in [-0.1, -0.05) is 41.9 Å². The lowest BCUT2D eigenvalue weighted by Gasteiger charge is -2.16. The first-order chi connectivity index (χ1) is 15.4. The number of ether oxygens (including phenoxy) is 1. The highest BCUT2D eigenvalue weighted by Crippen LogP contribution is 2.33. The second-order valence-electron chi connectivity index (χ2n) is 7.34. The lowest BCUT2D eigenvalue weighted by Crippen LogP contribution is -2.32. The summed E-state index contributed by atoms with van der Waals surface area (Å²) < 4.78 is 18.7. The lowest BCUT2D eigenvalue weighted by atomic mass is 10.0. The van der Waals surface area contributed by atoms with E-state index in [0.717, 1.165) is 11.1 Å². The van der Waals surface area contributed by atoms with Gasteiger partial charge in [-0.3, -0.25) is 14.5 Å². The van der Waals surface area contributed by atoms with Crippen molar-refractivity contribution in [3.05, 3.63) is 100.0 Å². The SMILES string of the molecule is COc1ccc(CN2C(=O)C(Nc3cccc(Cl)c3C)=C(c3ccc(F)cc3)C2=O)cc1. The van der Waals surface area contributed by atoms with Gasteiger partial charge in [0.05, 0.1) is 19.2 Å². The van der Waals surface area contributed by atoms with Crippen molar-refractivity contribution >= 4 is 34.7 Å². The minimum atomic E-state index is -0.468. The van der Waals surface area contributed by atoms with Crippen molar-refractivity contribution < 1.29 is 18.7 Å². The molecule has 2 amide bonds. The zero-order valence-corrected chi connectivity index (χ0v) is 18.2. The van der Waals surface area contributed by atoms with Crippen molar-refractivity contribution in [1.29, 1.82) is 0 Å². The number of halogens is 2. The second kappa shape index (κ2) is 8.85. The van der Waals surface area contributed by atoms with Gasteiger partial charge in [-0.25, -0.2) is 4.39 Å². The molecule has 0 radical (unpaired) electrons. The smallest absolute Gasteiger partial charge is 0.278 e. The third-order valence-corrected chi connectivity index (χ3v) is 5.74.